The van der Waals surface area contributed by atoms with Crippen LogP contribution in [-0.2, 0) is 4.74 Å². The van der Waals surface area contributed by atoms with Crippen LogP contribution in [0.3, 0.4) is 0 Å². The third kappa shape index (κ3) is 5.85. The first-order chi connectivity index (χ1) is 10.1. The van der Waals surface area contributed by atoms with Crippen LogP contribution in [0.25, 0.3) is 0 Å². The Morgan fingerprint density at radius 1 is 1.19 bits per heavy atom. The van der Waals surface area contributed by atoms with Crippen molar-refractivity contribution >= 4 is 0 Å². The Morgan fingerprint density at radius 2 is 1.86 bits per heavy atom. The van der Waals surface area contributed by atoms with Gasteiger partial charge in [-0.2, -0.15) is 0 Å². The summed E-state index contributed by atoms with van der Waals surface area (Å²) < 4.78 is 5.96. The Morgan fingerprint density at radius 3 is 2.43 bits per heavy atom. The van der Waals surface area contributed by atoms with Crippen LogP contribution in [0.1, 0.15) is 65.7 Å². The molecule has 1 aliphatic carbocycles. The predicted molar refractivity (Wildman–Crippen MR) is 86.4 cm³/mol. The van der Waals surface area contributed by atoms with E-state index in [9.17, 15) is 10.2 Å². The molecule has 0 aromatic heterocycles. The smallest absolute Gasteiger partial charge is 0.0898 e. The SMILES string of the molecule is CCC1CCCCC1OCC(O)CNC(CC)(CC)CO. The van der Waals surface area contributed by atoms with Gasteiger partial charge in [-0.25, -0.2) is 0 Å². The Kier molecular flexibility index (Phi) is 8.79. The molecule has 1 saturated carbocycles. The molecule has 0 bridgehead atoms. The summed E-state index contributed by atoms with van der Waals surface area (Å²) in [4.78, 5) is 0. The van der Waals surface area contributed by atoms with E-state index in [0.29, 0.717) is 25.2 Å². The lowest BCUT2D eigenvalue weighted by Crippen LogP contribution is -2.51. The molecule has 4 nitrogen and oxygen atoms in total. The lowest BCUT2D eigenvalue weighted by molar-refractivity contribution is -0.0520. The Bertz CT molecular complexity index is 260. The molecule has 3 atom stereocenters. The first-order valence-electron chi connectivity index (χ1n) is 8.76. The largest absolute Gasteiger partial charge is 0.394 e. The average Bonchev–Trinajstić information content (AvgIpc) is 2.55. The zero-order valence-electron chi connectivity index (χ0n) is 14.1. The summed E-state index contributed by atoms with van der Waals surface area (Å²) in [5, 5.41) is 22.9. The molecule has 126 valence electrons. The molecule has 3 unspecified atom stereocenters. The second-order valence-electron chi connectivity index (χ2n) is 6.50. The molecule has 0 amide bonds. The van der Waals surface area contributed by atoms with Crippen LogP contribution in [0.4, 0.5) is 0 Å². The van der Waals surface area contributed by atoms with E-state index in [1.54, 1.807) is 0 Å². The van der Waals surface area contributed by atoms with Crippen molar-refractivity contribution in [3.05, 3.63) is 0 Å². The highest BCUT2D eigenvalue weighted by atomic mass is 16.5. The molecule has 1 aliphatic rings. The van der Waals surface area contributed by atoms with Crippen LogP contribution < -0.4 is 5.32 Å². The van der Waals surface area contributed by atoms with Crippen molar-refractivity contribution in [1.82, 2.24) is 5.32 Å². The summed E-state index contributed by atoms with van der Waals surface area (Å²) in [5.74, 6) is 0.654. The van der Waals surface area contributed by atoms with Crippen LogP contribution in [0.2, 0.25) is 0 Å². The molecule has 0 radical (unpaired) electrons. The number of hydrogen-bond donors (Lipinski definition) is 3. The van der Waals surface area contributed by atoms with Gasteiger partial charge in [0.1, 0.15) is 0 Å². The van der Waals surface area contributed by atoms with E-state index in [4.69, 9.17) is 4.74 Å². The summed E-state index contributed by atoms with van der Waals surface area (Å²) in [6.07, 6.45) is 7.63. The van der Waals surface area contributed by atoms with Gasteiger partial charge in [0.05, 0.1) is 25.4 Å². The van der Waals surface area contributed by atoms with Crippen molar-refractivity contribution in [3.8, 4) is 0 Å². The maximum atomic E-state index is 10.1. The number of ether oxygens (including phenoxy) is 1. The van der Waals surface area contributed by atoms with Gasteiger partial charge in [-0.15, -0.1) is 0 Å². The van der Waals surface area contributed by atoms with E-state index in [2.05, 4.69) is 26.1 Å². The molecule has 0 aromatic carbocycles. The second-order valence-corrected chi connectivity index (χ2v) is 6.50. The Labute approximate surface area is 130 Å². The molecule has 3 N–H and O–H groups in total. The first kappa shape index (κ1) is 18.9. The van der Waals surface area contributed by atoms with Crippen LogP contribution in [0, 0.1) is 5.92 Å². The highest BCUT2D eigenvalue weighted by Gasteiger charge is 2.27. The molecule has 1 fully saturated rings. The molecular formula is C17H35NO3. The summed E-state index contributed by atoms with van der Waals surface area (Å²) in [6.45, 7) is 7.32. The number of aliphatic hydroxyl groups is 2. The molecule has 0 saturated heterocycles. The molecule has 21 heavy (non-hydrogen) atoms. The van der Waals surface area contributed by atoms with Crippen LogP contribution in [0.5, 0.6) is 0 Å². The van der Waals surface area contributed by atoms with E-state index < -0.39 is 6.10 Å². The third-order valence-electron chi connectivity index (χ3n) is 5.24. The fourth-order valence-corrected chi connectivity index (χ4v) is 3.27. The molecule has 0 aromatic rings. The molecule has 0 aliphatic heterocycles. The Balaban J connectivity index is 2.31. The molecule has 0 spiro atoms. The Hall–Kier alpha value is -0.160. The lowest BCUT2D eigenvalue weighted by atomic mass is 9.85. The van der Waals surface area contributed by atoms with E-state index in [1.165, 1.54) is 19.3 Å². The lowest BCUT2D eigenvalue weighted by Gasteiger charge is -2.33. The minimum absolute atomic E-state index is 0.105. The van der Waals surface area contributed by atoms with Crippen molar-refractivity contribution in [2.45, 2.75) is 83.5 Å². The van der Waals surface area contributed by atoms with E-state index in [1.807, 2.05) is 0 Å². The first-order valence-corrected chi connectivity index (χ1v) is 8.76. The van der Waals surface area contributed by atoms with Crippen LogP contribution in [-0.4, -0.2) is 47.7 Å². The topological polar surface area (TPSA) is 61.7 Å². The number of rotatable bonds is 10. The van der Waals surface area contributed by atoms with Gasteiger partial charge in [-0.3, -0.25) is 0 Å². The zero-order chi connectivity index (χ0) is 15.7. The van der Waals surface area contributed by atoms with Gasteiger partial charge in [-0.05, 0) is 31.6 Å². The van der Waals surface area contributed by atoms with Crippen molar-refractivity contribution in [3.63, 3.8) is 0 Å². The highest BCUT2D eigenvalue weighted by Crippen LogP contribution is 2.29. The highest BCUT2D eigenvalue weighted by molar-refractivity contribution is 4.85. The standard InChI is InChI=1S/C17H35NO3/c1-4-14-9-7-8-10-16(14)21-12-15(20)11-18-17(5-2,6-3)13-19/h14-16,18-20H,4-13H2,1-3H3. The molecule has 0 heterocycles. The van der Waals surface area contributed by atoms with Gasteiger partial charge in [0.15, 0.2) is 0 Å². The van der Waals surface area contributed by atoms with E-state index in [-0.39, 0.29) is 12.1 Å². The van der Waals surface area contributed by atoms with Gasteiger partial charge in [0, 0.05) is 12.1 Å². The van der Waals surface area contributed by atoms with E-state index in [0.717, 1.165) is 25.7 Å². The number of aliphatic hydroxyl groups excluding tert-OH is 2. The van der Waals surface area contributed by atoms with Gasteiger partial charge in [0.25, 0.3) is 0 Å². The average molecular weight is 301 g/mol. The number of β-amino-alcohol motifs (C(OH)–C–C–N with tert-alkyl or cyclic N) is 1. The maximum Gasteiger partial charge on any atom is 0.0898 e. The maximum absolute atomic E-state index is 10.1. The van der Waals surface area contributed by atoms with E-state index >= 15 is 0 Å². The minimum atomic E-state index is -0.506. The van der Waals surface area contributed by atoms with Gasteiger partial charge < -0.3 is 20.3 Å². The van der Waals surface area contributed by atoms with Crippen molar-refractivity contribution in [2.24, 2.45) is 5.92 Å². The predicted octanol–water partition coefficient (Wildman–Crippen LogP) is 2.47. The van der Waals surface area contributed by atoms with Crippen LogP contribution >= 0.6 is 0 Å². The van der Waals surface area contributed by atoms with Crippen molar-refractivity contribution in [1.29, 1.82) is 0 Å². The number of hydrogen-bond acceptors (Lipinski definition) is 4. The normalized spacial score (nSPS) is 25.0. The summed E-state index contributed by atoms with van der Waals surface area (Å²) >= 11 is 0. The summed E-state index contributed by atoms with van der Waals surface area (Å²) in [7, 11) is 0. The molecule has 4 heteroatoms. The van der Waals surface area contributed by atoms with Crippen LogP contribution in [0.15, 0.2) is 0 Å². The minimum Gasteiger partial charge on any atom is -0.394 e. The fraction of sp³-hybridized carbons (Fsp3) is 1.00. The summed E-state index contributed by atoms with van der Waals surface area (Å²) in [6, 6.07) is 0. The summed E-state index contributed by atoms with van der Waals surface area (Å²) in [5.41, 5.74) is -0.266. The quantitative estimate of drug-likeness (QED) is 0.580. The number of nitrogens with one attached hydrogen (secondary N) is 1. The fourth-order valence-electron chi connectivity index (χ4n) is 3.27. The van der Waals surface area contributed by atoms with Crippen molar-refractivity contribution in [2.75, 3.05) is 19.8 Å². The monoisotopic (exact) mass is 301 g/mol. The third-order valence-corrected chi connectivity index (χ3v) is 5.24. The molecule has 1 rings (SSSR count). The molecular weight excluding hydrogens is 266 g/mol. The van der Waals surface area contributed by atoms with Crippen molar-refractivity contribution < 1.29 is 14.9 Å². The zero-order valence-corrected chi connectivity index (χ0v) is 14.1. The van der Waals surface area contributed by atoms with Gasteiger partial charge in [0.2, 0.25) is 0 Å². The van der Waals surface area contributed by atoms with Gasteiger partial charge in [-0.1, -0.05) is 40.0 Å². The second kappa shape index (κ2) is 9.78. The van der Waals surface area contributed by atoms with Gasteiger partial charge >= 0.3 is 0 Å².